The summed E-state index contributed by atoms with van der Waals surface area (Å²) in [5, 5.41) is 2.26. The van der Waals surface area contributed by atoms with Gasteiger partial charge in [0.2, 0.25) is 0 Å². The summed E-state index contributed by atoms with van der Waals surface area (Å²) in [4.78, 5) is 9.36. The molecule has 6 heteroatoms. The minimum Gasteiger partial charge on any atom is -0.479 e. The van der Waals surface area contributed by atoms with Crippen molar-refractivity contribution < 1.29 is 25.5 Å². The van der Waals surface area contributed by atoms with Gasteiger partial charge in [-0.2, -0.15) is 0 Å². The van der Waals surface area contributed by atoms with Crippen LogP contribution < -0.4 is 0 Å². The Morgan fingerprint density at radius 3 is 2.40 bits per heavy atom. The Morgan fingerprint density at radius 1 is 0.675 bits per heavy atom. The van der Waals surface area contributed by atoms with E-state index in [1.54, 1.807) is 6.20 Å². The Balaban J connectivity index is 0.00000264. The fraction of sp³-hybridized carbons (Fsp3) is 0. The monoisotopic (exact) mass is 695 g/mol. The van der Waals surface area contributed by atoms with E-state index in [2.05, 4.69) is 58.1 Å². The number of aromatic nitrogens is 4. The van der Waals surface area contributed by atoms with Gasteiger partial charge in [-0.3, -0.25) is 4.98 Å². The summed E-state index contributed by atoms with van der Waals surface area (Å²) in [6, 6.07) is 41.9. The number of nitrogens with zero attached hydrogens (tertiary/aromatic N) is 4. The van der Waals surface area contributed by atoms with Crippen molar-refractivity contribution in [3.63, 3.8) is 0 Å². The zero-order valence-corrected chi connectivity index (χ0v) is 23.3. The molecule has 0 fully saturated rings. The quantitative estimate of drug-likeness (QED) is 0.175. The molecular weight excluding hydrogens is 675 g/mol. The van der Waals surface area contributed by atoms with Gasteiger partial charge in [0.25, 0.3) is 0 Å². The van der Waals surface area contributed by atoms with Gasteiger partial charge in [-0.1, -0.05) is 47.3 Å². The maximum Gasteiger partial charge on any atom is 2.00 e. The molecule has 0 atom stereocenters. The van der Waals surface area contributed by atoms with Crippen LogP contribution in [-0.2, 0) is 21.1 Å². The first kappa shape index (κ1) is 24.3. The van der Waals surface area contributed by atoms with E-state index in [0.717, 1.165) is 61.1 Å². The zero-order chi connectivity index (χ0) is 25.8. The molecular formula is C34H20N4OPt. The molecule has 0 aliphatic carbocycles. The molecule has 0 N–H and O–H groups in total. The number of fused-ring (bicyclic) bond motifs is 4. The Kier molecular flexibility index (Phi) is 5.95. The van der Waals surface area contributed by atoms with Crippen molar-refractivity contribution >= 4 is 32.9 Å². The van der Waals surface area contributed by atoms with Crippen LogP contribution in [0.3, 0.4) is 0 Å². The molecule has 8 rings (SSSR count). The van der Waals surface area contributed by atoms with Crippen molar-refractivity contribution in [1.82, 2.24) is 19.1 Å². The zero-order valence-electron chi connectivity index (χ0n) is 21.1. The summed E-state index contributed by atoms with van der Waals surface area (Å²) >= 11 is 0. The molecule has 5 nitrogen and oxygen atoms in total. The van der Waals surface area contributed by atoms with Crippen LogP contribution in [-0.4, -0.2) is 19.1 Å². The van der Waals surface area contributed by atoms with Crippen LogP contribution in [0.2, 0.25) is 0 Å². The van der Waals surface area contributed by atoms with Crippen molar-refractivity contribution in [3.05, 3.63) is 134 Å². The number of hydrogen-bond acceptors (Lipinski definition) is 3. The Morgan fingerprint density at radius 2 is 1.52 bits per heavy atom. The molecule has 0 bridgehead atoms. The Hall–Kier alpha value is -4.73. The average Bonchev–Trinajstić information content (AvgIpc) is 3.75. The summed E-state index contributed by atoms with van der Waals surface area (Å²) in [5.41, 5.74) is 8.07. The Labute approximate surface area is 244 Å². The van der Waals surface area contributed by atoms with Gasteiger partial charge >= 0.3 is 21.1 Å². The molecule has 0 saturated carbocycles. The van der Waals surface area contributed by atoms with Gasteiger partial charge < -0.3 is 18.5 Å². The van der Waals surface area contributed by atoms with Crippen LogP contribution >= 0.6 is 0 Å². The van der Waals surface area contributed by atoms with E-state index in [1.807, 2.05) is 83.7 Å². The second kappa shape index (κ2) is 9.78. The van der Waals surface area contributed by atoms with Crippen LogP contribution in [0.1, 0.15) is 0 Å². The van der Waals surface area contributed by atoms with Crippen LogP contribution in [0.15, 0.2) is 126 Å². The number of hydrogen-bond donors (Lipinski definition) is 0. The first-order chi connectivity index (χ1) is 19.3. The minimum atomic E-state index is 0. The molecule has 8 aromatic rings. The number of pyridine rings is 1. The van der Waals surface area contributed by atoms with Crippen molar-refractivity contribution in [1.29, 1.82) is 0 Å². The van der Waals surface area contributed by atoms with E-state index in [0.29, 0.717) is 5.89 Å². The number of rotatable bonds is 4. The number of oxazole rings is 1. The van der Waals surface area contributed by atoms with Gasteiger partial charge in [-0.05, 0) is 58.7 Å². The van der Waals surface area contributed by atoms with Gasteiger partial charge in [-0.25, -0.2) is 0 Å². The van der Waals surface area contributed by atoms with E-state index >= 15 is 0 Å². The van der Waals surface area contributed by atoms with Gasteiger partial charge in [-0.15, -0.1) is 48.0 Å². The third kappa shape index (κ3) is 3.90. The molecule has 0 aliphatic rings. The van der Waals surface area contributed by atoms with Crippen LogP contribution in [0.5, 0.6) is 0 Å². The first-order valence-corrected chi connectivity index (χ1v) is 12.8. The van der Waals surface area contributed by atoms with Gasteiger partial charge in [0.05, 0.1) is 11.2 Å². The van der Waals surface area contributed by atoms with Gasteiger partial charge in [0.1, 0.15) is 5.89 Å². The van der Waals surface area contributed by atoms with E-state index in [9.17, 15) is 0 Å². The maximum absolute atomic E-state index is 6.37. The smallest absolute Gasteiger partial charge is 0.479 e. The van der Waals surface area contributed by atoms with Crippen molar-refractivity contribution in [2.45, 2.75) is 0 Å². The molecule has 0 radical (unpaired) electrons. The molecule has 192 valence electrons. The van der Waals surface area contributed by atoms with Crippen molar-refractivity contribution in [2.24, 2.45) is 0 Å². The molecule has 4 heterocycles. The normalized spacial score (nSPS) is 11.3. The fourth-order valence-corrected chi connectivity index (χ4v) is 5.27. The molecule has 40 heavy (non-hydrogen) atoms. The summed E-state index contributed by atoms with van der Waals surface area (Å²) in [7, 11) is 0. The van der Waals surface area contributed by atoms with Crippen LogP contribution in [0, 0.1) is 12.1 Å². The van der Waals surface area contributed by atoms with Gasteiger partial charge in [0, 0.05) is 24.1 Å². The van der Waals surface area contributed by atoms with E-state index < -0.39 is 0 Å². The largest absolute Gasteiger partial charge is 2.00 e. The average molecular weight is 696 g/mol. The maximum atomic E-state index is 6.37. The Bertz CT molecular complexity index is 2130. The predicted molar refractivity (Wildman–Crippen MR) is 154 cm³/mol. The van der Waals surface area contributed by atoms with Crippen LogP contribution in [0.25, 0.3) is 67.0 Å². The van der Waals surface area contributed by atoms with Crippen molar-refractivity contribution in [2.75, 3.05) is 0 Å². The third-order valence-electron chi connectivity index (χ3n) is 7.05. The second-order valence-corrected chi connectivity index (χ2v) is 9.39. The number of para-hydroxylation sites is 2. The van der Waals surface area contributed by atoms with E-state index in [4.69, 9.17) is 9.40 Å². The summed E-state index contributed by atoms with van der Waals surface area (Å²) in [6.45, 7) is 0. The number of benzene rings is 4. The summed E-state index contributed by atoms with van der Waals surface area (Å²) < 4.78 is 10.6. The molecule has 0 aliphatic heterocycles. The summed E-state index contributed by atoms with van der Waals surface area (Å²) in [5.74, 6) is 0.537. The molecule has 4 aromatic heterocycles. The predicted octanol–water partition coefficient (Wildman–Crippen LogP) is 8.04. The molecule has 0 spiro atoms. The SMILES string of the molecule is [Pt+2].[c-]1c(-c2ccccn2)cccc1-n1c2[c-]c(-c3nc4cccc(-n5cccc5)c4o3)ccc2c2ccccc21. The first-order valence-electron chi connectivity index (χ1n) is 12.8. The van der Waals surface area contributed by atoms with E-state index in [1.165, 1.54) is 0 Å². The minimum absolute atomic E-state index is 0. The standard InChI is InChI=1S/C34H20N4O.Pt/c1-2-14-30-26(11-1)27-17-16-24(34-36-29-13-8-15-31(33(29)39-34)37-19-5-6-20-37)22-32(27)38(30)25-10-7-9-23(21-25)28-12-3-4-18-35-28;/h1-20H;/q-2;+2. The van der Waals surface area contributed by atoms with Gasteiger partial charge in [0.15, 0.2) is 5.58 Å². The molecule has 4 aromatic carbocycles. The van der Waals surface area contributed by atoms with Crippen molar-refractivity contribution in [3.8, 4) is 34.1 Å². The molecule has 0 amide bonds. The molecule has 0 saturated heterocycles. The summed E-state index contributed by atoms with van der Waals surface area (Å²) in [6.07, 6.45) is 5.81. The van der Waals surface area contributed by atoms with E-state index in [-0.39, 0.29) is 21.1 Å². The third-order valence-corrected chi connectivity index (χ3v) is 7.05. The van der Waals surface area contributed by atoms with Crippen LogP contribution in [0.4, 0.5) is 0 Å². The topological polar surface area (TPSA) is 48.8 Å². The second-order valence-electron chi connectivity index (χ2n) is 9.39. The fourth-order valence-electron chi connectivity index (χ4n) is 5.27. The molecule has 0 unspecified atom stereocenters.